The van der Waals surface area contributed by atoms with Crippen molar-refractivity contribution < 1.29 is 4.79 Å². The fourth-order valence-corrected chi connectivity index (χ4v) is 1.32. The number of nitrogens with zero attached hydrogens (tertiary/aromatic N) is 1. The molecule has 1 N–H and O–H groups in total. The minimum atomic E-state index is -0.0365. The molecule has 0 saturated carbocycles. The minimum absolute atomic E-state index is 0.0365. The largest absolute Gasteiger partial charge is 0.378 e. The molecule has 1 rings (SSSR count). The number of carbonyl (C=O) groups is 1. The number of rotatable bonds is 5. The molecule has 0 radical (unpaired) electrons. The highest BCUT2D eigenvalue weighted by atomic mass is 16.1. The standard InChI is InChI=1S/C13H18N2O/c1-4-5-9-14-13(16)11-7-6-8-12(10-11)15(2)3/h4,6-8,10H,1,5,9H2,2-3H3,(H,14,16). The molecule has 0 atom stereocenters. The average molecular weight is 218 g/mol. The van der Waals surface area contributed by atoms with E-state index in [-0.39, 0.29) is 5.91 Å². The summed E-state index contributed by atoms with van der Waals surface area (Å²) in [6.07, 6.45) is 2.58. The van der Waals surface area contributed by atoms with Crippen LogP contribution in [0.25, 0.3) is 0 Å². The van der Waals surface area contributed by atoms with Gasteiger partial charge in [-0.3, -0.25) is 4.79 Å². The van der Waals surface area contributed by atoms with Crippen molar-refractivity contribution in [2.45, 2.75) is 6.42 Å². The molecule has 0 fully saturated rings. The first kappa shape index (κ1) is 12.3. The van der Waals surface area contributed by atoms with Gasteiger partial charge in [-0.15, -0.1) is 6.58 Å². The molecule has 0 saturated heterocycles. The zero-order valence-electron chi connectivity index (χ0n) is 9.86. The second-order valence-corrected chi connectivity index (χ2v) is 3.78. The maximum Gasteiger partial charge on any atom is 0.251 e. The summed E-state index contributed by atoms with van der Waals surface area (Å²) in [6.45, 7) is 4.24. The SMILES string of the molecule is C=CCCNC(=O)c1cccc(N(C)C)c1. The molecule has 1 aromatic rings. The maximum atomic E-state index is 11.7. The van der Waals surface area contributed by atoms with Crippen LogP contribution in [-0.4, -0.2) is 26.5 Å². The molecule has 0 spiro atoms. The molecule has 1 amide bonds. The summed E-state index contributed by atoms with van der Waals surface area (Å²) in [5, 5.41) is 2.84. The highest BCUT2D eigenvalue weighted by molar-refractivity contribution is 5.95. The van der Waals surface area contributed by atoms with E-state index in [9.17, 15) is 4.79 Å². The Morgan fingerprint density at radius 3 is 2.88 bits per heavy atom. The quantitative estimate of drug-likeness (QED) is 0.606. The minimum Gasteiger partial charge on any atom is -0.378 e. The molecule has 0 heterocycles. The van der Waals surface area contributed by atoms with E-state index in [0.29, 0.717) is 12.1 Å². The third-order valence-electron chi connectivity index (χ3n) is 2.26. The molecule has 1 aromatic carbocycles. The smallest absolute Gasteiger partial charge is 0.251 e. The van der Waals surface area contributed by atoms with Crippen LogP contribution >= 0.6 is 0 Å². The van der Waals surface area contributed by atoms with Crippen LogP contribution in [0.4, 0.5) is 5.69 Å². The first-order chi connectivity index (χ1) is 7.65. The van der Waals surface area contributed by atoms with Gasteiger partial charge in [-0.05, 0) is 24.6 Å². The lowest BCUT2D eigenvalue weighted by Gasteiger charge is -2.13. The van der Waals surface area contributed by atoms with Crippen molar-refractivity contribution in [3.05, 3.63) is 42.5 Å². The molecule has 16 heavy (non-hydrogen) atoms. The normalized spacial score (nSPS) is 9.62. The Morgan fingerprint density at radius 2 is 2.25 bits per heavy atom. The Balaban J connectivity index is 2.68. The summed E-state index contributed by atoms with van der Waals surface area (Å²) in [7, 11) is 3.91. The van der Waals surface area contributed by atoms with Crippen LogP contribution in [0.2, 0.25) is 0 Å². The molecule has 0 aromatic heterocycles. The third kappa shape index (κ3) is 3.42. The molecule has 3 nitrogen and oxygen atoms in total. The first-order valence-electron chi connectivity index (χ1n) is 5.31. The van der Waals surface area contributed by atoms with Crippen molar-refractivity contribution in [1.82, 2.24) is 5.32 Å². The molecule has 86 valence electrons. The predicted molar refractivity (Wildman–Crippen MR) is 67.9 cm³/mol. The summed E-state index contributed by atoms with van der Waals surface area (Å²) in [5.41, 5.74) is 1.71. The summed E-state index contributed by atoms with van der Waals surface area (Å²) in [6, 6.07) is 7.55. The van der Waals surface area contributed by atoms with Crippen LogP contribution < -0.4 is 10.2 Å². The Bertz CT molecular complexity index is 372. The van der Waals surface area contributed by atoms with Gasteiger partial charge in [-0.25, -0.2) is 0 Å². The van der Waals surface area contributed by atoms with Crippen LogP contribution in [-0.2, 0) is 0 Å². The lowest BCUT2D eigenvalue weighted by atomic mass is 10.2. The fourth-order valence-electron chi connectivity index (χ4n) is 1.32. The second kappa shape index (κ2) is 5.95. The van der Waals surface area contributed by atoms with Gasteiger partial charge in [0.1, 0.15) is 0 Å². The van der Waals surface area contributed by atoms with Gasteiger partial charge in [0.2, 0.25) is 0 Å². The zero-order chi connectivity index (χ0) is 12.0. The van der Waals surface area contributed by atoms with Crippen LogP contribution in [0, 0.1) is 0 Å². The van der Waals surface area contributed by atoms with Gasteiger partial charge < -0.3 is 10.2 Å². The van der Waals surface area contributed by atoms with Gasteiger partial charge in [-0.1, -0.05) is 12.1 Å². The van der Waals surface area contributed by atoms with E-state index >= 15 is 0 Å². The topological polar surface area (TPSA) is 32.3 Å². The van der Waals surface area contributed by atoms with E-state index in [2.05, 4.69) is 11.9 Å². The van der Waals surface area contributed by atoms with E-state index in [0.717, 1.165) is 12.1 Å². The number of anilines is 1. The van der Waals surface area contributed by atoms with Crippen LogP contribution in [0.5, 0.6) is 0 Å². The summed E-state index contributed by atoms with van der Waals surface area (Å²) < 4.78 is 0. The van der Waals surface area contributed by atoms with Gasteiger partial charge in [0.15, 0.2) is 0 Å². The fraction of sp³-hybridized carbons (Fsp3) is 0.308. The van der Waals surface area contributed by atoms with Gasteiger partial charge in [-0.2, -0.15) is 0 Å². The van der Waals surface area contributed by atoms with Gasteiger partial charge >= 0.3 is 0 Å². The Morgan fingerprint density at radius 1 is 1.50 bits per heavy atom. The van der Waals surface area contributed by atoms with Crippen molar-refractivity contribution >= 4 is 11.6 Å². The number of benzene rings is 1. The molecule has 3 heteroatoms. The molecular weight excluding hydrogens is 200 g/mol. The number of nitrogens with one attached hydrogen (secondary N) is 1. The molecule has 0 unspecified atom stereocenters. The van der Waals surface area contributed by atoms with Gasteiger partial charge in [0.25, 0.3) is 5.91 Å². The maximum absolute atomic E-state index is 11.7. The van der Waals surface area contributed by atoms with Crippen molar-refractivity contribution in [3.8, 4) is 0 Å². The van der Waals surface area contributed by atoms with Gasteiger partial charge in [0.05, 0.1) is 0 Å². The molecule has 0 aliphatic carbocycles. The lowest BCUT2D eigenvalue weighted by Crippen LogP contribution is -2.24. The highest BCUT2D eigenvalue weighted by Gasteiger charge is 2.05. The van der Waals surface area contributed by atoms with Crippen LogP contribution in [0.15, 0.2) is 36.9 Å². The number of hydrogen-bond acceptors (Lipinski definition) is 2. The van der Waals surface area contributed by atoms with Gasteiger partial charge in [0, 0.05) is 31.9 Å². The number of carbonyl (C=O) groups excluding carboxylic acids is 1. The van der Waals surface area contributed by atoms with Crippen LogP contribution in [0.3, 0.4) is 0 Å². The highest BCUT2D eigenvalue weighted by Crippen LogP contribution is 2.13. The lowest BCUT2D eigenvalue weighted by molar-refractivity contribution is 0.0954. The van der Waals surface area contributed by atoms with E-state index in [1.54, 1.807) is 6.08 Å². The molecule has 0 aliphatic heterocycles. The predicted octanol–water partition coefficient (Wildman–Crippen LogP) is 2.06. The van der Waals surface area contributed by atoms with Crippen molar-refractivity contribution in [3.63, 3.8) is 0 Å². The van der Waals surface area contributed by atoms with E-state index in [4.69, 9.17) is 0 Å². The second-order valence-electron chi connectivity index (χ2n) is 3.78. The Hall–Kier alpha value is -1.77. The molecular formula is C13H18N2O. The number of hydrogen-bond donors (Lipinski definition) is 1. The number of amides is 1. The molecule has 0 bridgehead atoms. The average Bonchev–Trinajstić information content (AvgIpc) is 2.29. The third-order valence-corrected chi connectivity index (χ3v) is 2.26. The first-order valence-corrected chi connectivity index (χ1v) is 5.31. The summed E-state index contributed by atoms with van der Waals surface area (Å²) in [4.78, 5) is 13.7. The van der Waals surface area contributed by atoms with Crippen LogP contribution in [0.1, 0.15) is 16.8 Å². The molecule has 0 aliphatic rings. The Kier molecular flexibility index (Phi) is 4.58. The van der Waals surface area contributed by atoms with Crippen molar-refractivity contribution in [2.24, 2.45) is 0 Å². The summed E-state index contributed by atoms with van der Waals surface area (Å²) >= 11 is 0. The van der Waals surface area contributed by atoms with Crippen molar-refractivity contribution in [1.29, 1.82) is 0 Å². The van der Waals surface area contributed by atoms with E-state index in [1.807, 2.05) is 43.3 Å². The summed E-state index contributed by atoms with van der Waals surface area (Å²) in [5.74, 6) is -0.0365. The van der Waals surface area contributed by atoms with E-state index in [1.165, 1.54) is 0 Å². The van der Waals surface area contributed by atoms with Crippen molar-refractivity contribution in [2.75, 3.05) is 25.5 Å². The monoisotopic (exact) mass is 218 g/mol. The zero-order valence-corrected chi connectivity index (χ0v) is 9.86. The Labute approximate surface area is 96.8 Å². The van der Waals surface area contributed by atoms with E-state index < -0.39 is 0 Å².